The molecule has 0 fully saturated rings. The van der Waals surface area contributed by atoms with Crippen molar-refractivity contribution in [1.82, 2.24) is 0 Å². The van der Waals surface area contributed by atoms with Gasteiger partial charge in [-0.2, -0.15) is 0 Å². The first kappa shape index (κ1) is 17.1. The van der Waals surface area contributed by atoms with Gasteiger partial charge in [0, 0.05) is 30.7 Å². The molecule has 1 aliphatic carbocycles. The van der Waals surface area contributed by atoms with Gasteiger partial charge in [0.25, 0.3) is 0 Å². The highest BCUT2D eigenvalue weighted by atomic mass is 35.5. The Labute approximate surface area is 140 Å². The van der Waals surface area contributed by atoms with Gasteiger partial charge < -0.3 is 5.11 Å². The number of thioether (sulfide) groups is 1. The molecule has 1 aromatic carbocycles. The molecule has 3 nitrogen and oxygen atoms in total. The van der Waals surface area contributed by atoms with Crippen molar-refractivity contribution in [2.75, 3.05) is 7.05 Å². The van der Waals surface area contributed by atoms with Crippen LogP contribution in [0.15, 0.2) is 40.6 Å². The molecule has 0 bridgehead atoms. The van der Waals surface area contributed by atoms with Crippen molar-refractivity contribution < 1.29 is 9.90 Å². The van der Waals surface area contributed by atoms with E-state index in [1.54, 1.807) is 7.05 Å². The molecule has 2 rings (SSSR count). The summed E-state index contributed by atoms with van der Waals surface area (Å²) in [6, 6.07) is 7.57. The third-order valence-electron chi connectivity index (χ3n) is 3.56. The van der Waals surface area contributed by atoms with Gasteiger partial charge >= 0.3 is 0 Å². The lowest BCUT2D eigenvalue weighted by atomic mass is 9.77. The first-order valence-corrected chi connectivity index (χ1v) is 8.48. The quantitative estimate of drug-likeness (QED) is 0.636. The lowest BCUT2D eigenvalue weighted by molar-refractivity contribution is -0.117. The van der Waals surface area contributed by atoms with Gasteiger partial charge in [-0.1, -0.05) is 37.6 Å². The van der Waals surface area contributed by atoms with Gasteiger partial charge in [0.05, 0.1) is 5.57 Å². The first-order valence-electron chi connectivity index (χ1n) is 7.12. The topological polar surface area (TPSA) is 49.7 Å². The number of hydrogen-bond acceptors (Lipinski definition) is 4. The minimum absolute atomic E-state index is 0.0297. The first-order chi connectivity index (χ1) is 10.3. The summed E-state index contributed by atoms with van der Waals surface area (Å²) in [6.07, 6.45) is 0.946. The summed E-state index contributed by atoms with van der Waals surface area (Å²) in [5.74, 6) is 0.806. The molecule has 5 heteroatoms. The lowest BCUT2D eigenvalue weighted by Gasteiger charge is -2.29. The number of nitrogens with zero attached hydrogens (tertiary/aromatic N) is 1. The van der Waals surface area contributed by atoms with Gasteiger partial charge in [-0.15, -0.1) is 11.8 Å². The maximum atomic E-state index is 12.3. The molecule has 0 unspecified atom stereocenters. The van der Waals surface area contributed by atoms with E-state index in [0.29, 0.717) is 34.2 Å². The number of Topliss-reactive ketones (excluding diaryl/α,β-unsaturated/α-hetero) is 1. The maximum Gasteiger partial charge on any atom is 0.169 e. The van der Waals surface area contributed by atoms with Crippen molar-refractivity contribution in [3.05, 3.63) is 46.2 Å². The number of halogens is 1. The molecule has 0 heterocycles. The van der Waals surface area contributed by atoms with E-state index in [9.17, 15) is 9.90 Å². The number of aliphatic imine (C=N–C) groups is 1. The van der Waals surface area contributed by atoms with Crippen molar-refractivity contribution in [2.45, 2.75) is 32.4 Å². The third kappa shape index (κ3) is 4.14. The molecule has 1 aromatic rings. The minimum Gasteiger partial charge on any atom is -0.511 e. The van der Waals surface area contributed by atoms with Crippen molar-refractivity contribution >= 4 is 34.2 Å². The maximum absolute atomic E-state index is 12.3. The zero-order valence-corrected chi connectivity index (χ0v) is 14.6. The fourth-order valence-electron chi connectivity index (χ4n) is 2.51. The second-order valence-electron chi connectivity index (χ2n) is 6.21. The van der Waals surface area contributed by atoms with E-state index in [4.69, 9.17) is 11.6 Å². The number of aliphatic hydroxyl groups is 1. The van der Waals surface area contributed by atoms with Gasteiger partial charge in [-0.25, -0.2) is 0 Å². The summed E-state index contributed by atoms with van der Waals surface area (Å²) < 4.78 is 0. The lowest BCUT2D eigenvalue weighted by Crippen LogP contribution is -2.28. The van der Waals surface area contributed by atoms with Crippen LogP contribution in [0.4, 0.5) is 0 Å². The zero-order chi connectivity index (χ0) is 16.3. The molecule has 0 spiro atoms. The molecule has 0 saturated heterocycles. The average molecular weight is 338 g/mol. The van der Waals surface area contributed by atoms with E-state index < -0.39 is 0 Å². The van der Waals surface area contributed by atoms with Crippen LogP contribution in [0.25, 0.3) is 0 Å². The largest absolute Gasteiger partial charge is 0.511 e. The standard InChI is InChI=1S/C17H20ClNO2S/c1-17(2)8-13(20)15(14(21)9-17)16(19-3)22-10-11-4-6-12(18)7-5-11/h4-7,20H,8-10H2,1-3H3. The van der Waals surface area contributed by atoms with Gasteiger partial charge in [0.2, 0.25) is 0 Å². The Hall–Kier alpha value is -1.26. The van der Waals surface area contributed by atoms with E-state index in [2.05, 4.69) is 4.99 Å². The van der Waals surface area contributed by atoms with Gasteiger partial charge in [0.15, 0.2) is 5.78 Å². The smallest absolute Gasteiger partial charge is 0.169 e. The molecular formula is C17H20ClNO2S. The number of aliphatic hydroxyl groups excluding tert-OH is 1. The number of benzene rings is 1. The Morgan fingerprint density at radius 3 is 2.50 bits per heavy atom. The van der Waals surface area contributed by atoms with Crippen LogP contribution < -0.4 is 0 Å². The predicted molar refractivity (Wildman–Crippen MR) is 93.8 cm³/mol. The van der Waals surface area contributed by atoms with Crippen LogP contribution in [0, 0.1) is 5.41 Å². The van der Waals surface area contributed by atoms with Crippen molar-refractivity contribution in [3.8, 4) is 0 Å². The molecule has 0 saturated carbocycles. The summed E-state index contributed by atoms with van der Waals surface area (Å²) >= 11 is 7.34. The Morgan fingerprint density at radius 2 is 1.95 bits per heavy atom. The average Bonchev–Trinajstić information content (AvgIpc) is 2.42. The second kappa shape index (κ2) is 6.88. The zero-order valence-electron chi connectivity index (χ0n) is 13.0. The van der Waals surface area contributed by atoms with Crippen LogP contribution >= 0.6 is 23.4 Å². The number of allylic oxidation sites excluding steroid dienone is 1. The highest BCUT2D eigenvalue weighted by Crippen LogP contribution is 2.37. The van der Waals surface area contributed by atoms with E-state index >= 15 is 0 Å². The molecule has 0 aliphatic heterocycles. The van der Waals surface area contributed by atoms with E-state index in [0.717, 1.165) is 5.56 Å². The number of carbonyl (C=O) groups is 1. The van der Waals surface area contributed by atoms with E-state index in [1.807, 2.05) is 38.1 Å². The van der Waals surface area contributed by atoms with Gasteiger partial charge in [-0.3, -0.25) is 9.79 Å². The molecule has 0 atom stereocenters. The normalized spacial score (nSPS) is 18.7. The van der Waals surface area contributed by atoms with E-state index in [-0.39, 0.29) is 17.0 Å². The summed E-state index contributed by atoms with van der Waals surface area (Å²) in [5.41, 5.74) is 1.30. The second-order valence-corrected chi connectivity index (χ2v) is 7.61. The molecule has 22 heavy (non-hydrogen) atoms. The Bertz CT molecular complexity index is 633. The van der Waals surface area contributed by atoms with Crippen molar-refractivity contribution in [3.63, 3.8) is 0 Å². The Kier molecular flexibility index (Phi) is 5.35. The monoisotopic (exact) mass is 337 g/mol. The summed E-state index contributed by atoms with van der Waals surface area (Å²) in [4.78, 5) is 16.6. The van der Waals surface area contributed by atoms with Gasteiger partial charge in [-0.05, 0) is 23.1 Å². The van der Waals surface area contributed by atoms with Gasteiger partial charge in [0.1, 0.15) is 10.8 Å². The minimum atomic E-state index is -0.190. The van der Waals surface area contributed by atoms with Crippen LogP contribution in [-0.2, 0) is 10.5 Å². The third-order valence-corrected chi connectivity index (χ3v) is 4.95. The number of carbonyl (C=O) groups excluding carboxylic acids is 1. The highest BCUT2D eigenvalue weighted by Gasteiger charge is 2.35. The molecule has 118 valence electrons. The molecule has 1 aliphatic rings. The summed E-state index contributed by atoms with van der Waals surface area (Å²) in [5, 5.41) is 11.6. The van der Waals surface area contributed by atoms with Crippen LogP contribution in [0.2, 0.25) is 5.02 Å². The number of rotatable bonds is 3. The predicted octanol–water partition coefficient (Wildman–Crippen LogP) is 4.80. The SMILES string of the molecule is CN=C(SCc1ccc(Cl)cc1)C1=C(O)CC(C)(C)CC1=O. The molecular weight excluding hydrogens is 318 g/mol. The van der Waals surface area contributed by atoms with Crippen LogP contribution in [-0.4, -0.2) is 23.0 Å². The molecule has 0 radical (unpaired) electrons. The van der Waals surface area contributed by atoms with Crippen LogP contribution in [0.1, 0.15) is 32.3 Å². The number of ketones is 1. The Balaban J connectivity index is 2.15. The summed E-state index contributed by atoms with van der Waals surface area (Å²) in [6.45, 7) is 3.98. The summed E-state index contributed by atoms with van der Waals surface area (Å²) in [7, 11) is 1.65. The van der Waals surface area contributed by atoms with Crippen LogP contribution in [0.3, 0.4) is 0 Å². The van der Waals surface area contributed by atoms with Crippen molar-refractivity contribution in [2.24, 2.45) is 10.4 Å². The molecule has 1 N–H and O–H groups in total. The molecule has 0 amide bonds. The fourth-order valence-corrected chi connectivity index (χ4v) is 3.64. The Morgan fingerprint density at radius 1 is 1.32 bits per heavy atom. The fraction of sp³-hybridized carbons (Fsp3) is 0.412. The van der Waals surface area contributed by atoms with Crippen LogP contribution in [0.5, 0.6) is 0 Å². The van der Waals surface area contributed by atoms with E-state index in [1.165, 1.54) is 11.8 Å². The highest BCUT2D eigenvalue weighted by molar-refractivity contribution is 8.13. The number of hydrogen-bond donors (Lipinski definition) is 1. The van der Waals surface area contributed by atoms with Crippen molar-refractivity contribution in [1.29, 1.82) is 0 Å². The molecule has 0 aromatic heterocycles.